The third-order valence-corrected chi connectivity index (χ3v) is 4.14. The number of carbonyl (C=O) groups excluding carboxylic acids is 1. The largest absolute Gasteiger partial charge is 0.396 e. The van der Waals surface area contributed by atoms with Crippen molar-refractivity contribution in [1.82, 2.24) is 5.32 Å². The third kappa shape index (κ3) is 7.16. The number of halogens is 2. The molecule has 0 heterocycles. The molecule has 5 heteroatoms. The van der Waals surface area contributed by atoms with Crippen molar-refractivity contribution >= 4 is 29.1 Å². The molecule has 2 N–H and O–H groups in total. The van der Waals surface area contributed by atoms with Gasteiger partial charge in [-0.3, -0.25) is 4.79 Å². The molecule has 0 spiro atoms. The molecule has 0 aliphatic carbocycles. The molecule has 0 atom stereocenters. The average molecular weight is 332 g/mol. The molecule has 118 valence electrons. The Morgan fingerprint density at radius 3 is 2.62 bits per heavy atom. The minimum absolute atomic E-state index is 0.0304. The standard InChI is InChI=1S/C16H23Cl2NO2/c1-16(2,11-20)8-3-9-19-15(21)7-5-12-4-6-13(17)14(18)10-12/h4,6,10,20H,3,5,7-9,11H2,1-2H3,(H,19,21). The average Bonchev–Trinajstić information content (AvgIpc) is 2.45. The lowest BCUT2D eigenvalue weighted by Crippen LogP contribution is -2.26. The van der Waals surface area contributed by atoms with Crippen LogP contribution in [0.2, 0.25) is 10.0 Å². The van der Waals surface area contributed by atoms with Crippen molar-refractivity contribution in [3.05, 3.63) is 33.8 Å². The van der Waals surface area contributed by atoms with E-state index < -0.39 is 0 Å². The van der Waals surface area contributed by atoms with Gasteiger partial charge in [-0.25, -0.2) is 0 Å². The molecule has 1 rings (SSSR count). The van der Waals surface area contributed by atoms with Crippen LogP contribution in [-0.2, 0) is 11.2 Å². The normalized spacial score (nSPS) is 11.5. The van der Waals surface area contributed by atoms with E-state index in [1.54, 1.807) is 12.1 Å². The van der Waals surface area contributed by atoms with Crippen LogP contribution >= 0.6 is 23.2 Å². The molecular weight excluding hydrogens is 309 g/mol. The summed E-state index contributed by atoms with van der Waals surface area (Å²) >= 11 is 11.8. The molecule has 3 nitrogen and oxygen atoms in total. The molecule has 0 saturated carbocycles. The fourth-order valence-corrected chi connectivity index (χ4v) is 2.24. The first-order valence-electron chi connectivity index (χ1n) is 7.15. The van der Waals surface area contributed by atoms with Gasteiger partial charge in [-0.15, -0.1) is 0 Å². The van der Waals surface area contributed by atoms with E-state index in [1.807, 2.05) is 19.9 Å². The van der Waals surface area contributed by atoms with Gasteiger partial charge in [0.2, 0.25) is 5.91 Å². The highest BCUT2D eigenvalue weighted by Gasteiger charge is 2.15. The number of carbonyl (C=O) groups is 1. The fraction of sp³-hybridized carbons (Fsp3) is 0.562. The van der Waals surface area contributed by atoms with Gasteiger partial charge < -0.3 is 10.4 Å². The molecule has 0 aliphatic heterocycles. The minimum Gasteiger partial charge on any atom is -0.396 e. The molecule has 0 aromatic heterocycles. The molecule has 1 amide bonds. The van der Waals surface area contributed by atoms with Gasteiger partial charge in [-0.05, 0) is 42.4 Å². The van der Waals surface area contributed by atoms with Crippen molar-refractivity contribution in [2.24, 2.45) is 5.41 Å². The number of benzene rings is 1. The molecule has 0 fully saturated rings. The van der Waals surface area contributed by atoms with E-state index in [-0.39, 0.29) is 17.9 Å². The second-order valence-corrected chi connectivity index (χ2v) is 6.84. The van der Waals surface area contributed by atoms with E-state index in [1.165, 1.54) is 0 Å². The van der Waals surface area contributed by atoms with Crippen LogP contribution in [0.1, 0.15) is 38.7 Å². The molecule has 0 saturated heterocycles. The lowest BCUT2D eigenvalue weighted by molar-refractivity contribution is -0.121. The van der Waals surface area contributed by atoms with E-state index in [0.717, 1.165) is 18.4 Å². The molecule has 1 aromatic carbocycles. The Morgan fingerprint density at radius 1 is 1.29 bits per heavy atom. The summed E-state index contributed by atoms with van der Waals surface area (Å²) in [4.78, 5) is 11.7. The highest BCUT2D eigenvalue weighted by molar-refractivity contribution is 6.42. The van der Waals surface area contributed by atoms with E-state index in [9.17, 15) is 4.79 Å². The minimum atomic E-state index is -0.0786. The maximum Gasteiger partial charge on any atom is 0.220 e. The maximum atomic E-state index is 11.7. The monoisotopic (exact) mass is 331 g/mol. The predicted molar refractivity (Wildman–Crippen MR) is 87.9 cm³/mol. The van der Waals surface area contributed by atoms with Gasteiger partial charge in [0.25, 0.3) is 0 Å². The van der Waals surface area contributed by atoms with Crippen molar-refractivity contribution in [2.45, 2.75) is 39.5 Å². The summed E-state index contributed by atoms with van der Waals surface area (Å²) in [6.45, 7) is 4.83. The Labute approximate surface area is 136 Å². The molecule has 1 aromatic rings. The molecule has 0 aliphatic rings. The van der Waals surface area contributed by atoms with Crippen molar-refractivity contribution in [3.63, 3.8) is 0 Å². The Kier molecular flexibility index (Phi) is 7.50. The van der Waals surface area contributed by atoms with E-state index >= 15 is 0 Å². The fourth-order valence-electron chi connectivity index (χ4n) is 1.92. The third-order valence-electron chi connectivity index (χ3n) is 3.41. The number of nitrogens with one attached hydrogen (secondary N) is 1. The highest BCUT2D eigenvalue weighted by atomic mass is 35.5. The van der Waals surface area contributed by atoms with Gasteiger partial charge in [-0.1, -0.05) is 43.1 Å². The number of hydrogen-bond acceptors (Lipinski definition) is 2. The van der Waals surface area contributed by atoms with E-state index in [2.05, 4.69) is 5.32 Å². The van der Waals surface area contributed by atoms with E-state index in [4.69, 9.17) is 28.3 Å². The van der Waals surface area contributed by atoms with Crippen LogP contribution in [0.15, 0.2) is 18.2 Å². The van der Waals surface area contributed by atoms with Crippen molar-refractivity contribution in [3.8, 4) is 0 Å². The zero-order valence-corrected chi connectivity index (χ0v) is 14.1. The van der Waals surface area contributed by atoms with Crippen LogP contribution in [0, 0.1) is 5.41 Å². The molecule has 0 radical (unpaired) electrons. The number of aliphatic hydroxyl groups excluding tert-OH is 1. The second-order valence-electron chi connectivity index (χ2n) is 6.02. The molecular formula is C16H23Cl2NO2. The van der Waals surface area contributed by atoms with Gasteiger partial charge in [0, 0.05) is 19.6 Å². The zero-order valence-electron chi connectivity index (χ0n) is 12.6. The topological polar surface area (TPSA) is 49.3 Å². The lowest BCUT2D eigenvalue weighted by Gasteiger charge is -2.21. The SMILES string of the molecule is CC(C)(CO)CCCNC(=O)CCc1ccc(Cl)c(Cl)c1. The van der Waals surface area contributed by atoms with Gasteiger partial charge in [-0.2, -0.15) is 0 Å². The Morgan fingerprint density at radius 2 is 2.00 bits per heavy atom. The Hall–Kier alpha value is -0.770. The summed E-state index contributed by atoms with van der Waals surface area (Å²) in [7, 11) is 0. The lowest BCUT2D eigenvalue weighted by atomic mass is 9.89. The summed E-state index contributed by atoms with van der Waals surface area (Å²) in [5, 5.41) is 13.1. The van der Waals surface area contributed by atoms with Crippen molar-refractivity contribution in [1.29, 1.82) is 0 Å². The first-order valence-corrected chi connectivity index (χ1v) is 7.91. The van der Waals surface area contributed by atoms with Gasteiger partial charge in [0.05, 0.1) is 10.0 Å². The number of rotatable bonds is 8. The summed E-state index contributed by atoms with van der Waals surface area (Å²) in [6.07, 6.45) is 2.83. The summed E-state index contributed by atoms with van der Waals surface area (Å²) in [5.74, 6) is 0.0304. The Balaban J connectivity index is 2.24. The smallest absolute Gasteiger partial charge is 0.220 e. The molecule has 0 bridgehead atoms. The van der Waals surface area contributed by atoms with Crippen LogP contribution in [0.3, 0.4) is 0 Å². The molecule has 21 heavy (non-hydrogen) atoms. The van der Waals surface area contributed by atoms with Crippen LogP contribution in [0.25, 0.3) is 0 Å². The summed E-state index contributed by atoms with van der Waals surface area (Å²) in [5.41, 5.74) is 0.922. The van der Waals surface area contributed by atoms with Gasteiger partial charge in [0.15, 0.2) is 0 Å². The second kappa shape index (κ2) is 8.62. The van der Waals surface area contributed by atoms with Crippen LogP contribution in [-0.4, -0.2) is 24.2 Å². The van der Waals surface area contributed by atoms with Crippen molar-refractivity contribution in [2.75, 3.05) is 13.2 Å². The quantitative estimate of drug-likeness (QED) is 0.711. The van der Waals surface area contributed by atoms with E-state index in [0.29, 0.717) is 29.4 Å². The van der Waals surface area contributed by atoms with Gasteiger partial charge >= 0.3 is 0 Å². The number of hydrogen-bond donors (Lipinski definition) is 2. The highest BCUT2D eigenvalue weighted by Crippen LogP contribution is 2.23. The number of aliphatic hydroxyl groups is 1. The maximum absolute atomic E-state index is 11.7. The summed E-state index contributed by atoms with van der Waals surface area (Å²) < 4.78 is 0. The Bertz CT molecular complexity index is 475. The molecule has 0 unspecified atom stereocenters. The predicted octanol–water partition coefficient (Wildman–Crippen LogP) is 3.84. The van der Waals surface area contributed by atoms with Crippen LogP contribution in [0.4, 0.5) is 0 Å². The van der Waals surface area contributed by atoms with Crippen LogP contribution < -0.4 is 5.32 Å². The summed E-state index contributed by atoms with van der Waals surface area (Å²) in [6, 6.07) is 5.42. The van der Waals surface area contributed by atoms with Crippen LogP contribution in [0.5, 0.6) is 0 Å². The van der Waals surface area contributed by atoms with Crippen molar-refractivity contribution < 1.29 is 9.90 Å². The number of aryl methyl sites for hydroxylation is 1. The first kappa shape index (κ1) is 18.3. The first-order chi connectivity index (χ1) is 9.84. The zero-order chi connectivity index (χ0) is 15.9. The van der Waals surface area contributed by atoms with Gasteiger partial charge in [0.1, 0.15) is 0 Å². The number of amides is 1.